The summed E-state index contributed by atoms with van der Waals surface area (Å²) >= 11 is 0. The molecule has 0 bridgehead atoms. The smallest absolute Gasteiger partial charge is 0.338 e. The quantitative estimate of drug-likeness (QED) is 0.263. The maximum Gasteiger partial charge on any atom is 0.338 e. The van der Waals surface area contributed by atoms with Crippen LogP contribution in [0.3, 0.4) is 0 Å². The van der Waals surface area contributed by atoms with Crippen LogP contribution in [0.2, 0.25) is 0 Å². The van der Waals surface area contributed by atoms with Crippen molar-refractivity contribution < 1.29 is 27.1 Å². The summed E-state index contributed by atoms with van der Waals surface area (Å²) in [5.41, 5.74) is 2.55. The van der Waals surface area contributed by atoms with Crippen LogP contribution in [0.4, 0.5) is 20.2 Å². The summed E-state index contributed by atoms with van der Waals surface area (Å²) in [6.45, 7) is 4.49. The Morgan fingerprint density at radius 3 is 2.20 bits per heavy atom. The van der Waals surface area contributed by atoms with Crippen LogP contribution in [-0.4, -0.2) is 43.4 Å². The number of anilines is 2. The Kier molecular flexibility index (Phi) is 7.68. The number of carboxylic acids is 1. The highest BCUT2D eigenvalue weighted by molar-refractivity contribution is 7.89. The molecule has 0 aliphatic carbocycles. The molecule has 6 nitrogen and oxygen atoms in total. The van der Waals surface area contributed by atoms with Gasteiger partial charge in [0.15, 0.2) is 0 Å². The molecule has 0 saturated heterocycles. The van der Waals surface area contributed by atoms with Gasteiger partial charge in [-0.3, -0.25) is 0 Å². The molecule has 1 aliphatic rings. The zero-order valence-electron chi connectivity index (χ0n) is 22.9. The molecular weight excluding hydrogens is 546 g/mol. The van der Waals surface area contributed by atoms with Crippen molar-refractivity contribution in [1.82, 2.24) is 4.31 Å². The van der Waals surface area contributed by atoms with Gasteiger partial charge in [-0.2, -0.15) is 4.31 Å². The second-order valence-corrected chi connectivity index (χ2v) is 12.6. The lowest BCUT2D eigenvalue weighted by Crippen LogP contribution is -2.41. The molecule has 41 heavy (non-hydrogen) atoms. The topological polar surface area (TPSA) is 77.9 Å². The van der Waals surface area contributed by atoms with E-state index in [9.17, 15) is 27.1 Å². The molecule has 1 atom stereocenters. The monoisotopic (exact) mass is 576 g/mol. The molecule has 9 heteroatoms. The summed E-state index contributed by atoms with van der Waals surface area (Å²) in [6.07, 6.45) is 0.630. The van der Waals surface area contributed by atoms with E-state index in [1.54, 1.807) is 25.2 Å². The molecule has 0 saturated carbocycles. The van der Waals surface area contributed by atoms with Crippen LogP contribution in [0.5, 0.6) is 0 Å². The molecule has 1 heterocycles. The number of hydrogen-bond acceptors (Lipinski definition) is 4. The number of fused-ring (bicyclic) bond motifs is 1. The summed E-state index contributed by atoms with van der Waals surface area (Å²) < 4.78 is 58.1. The number of nitrogens with zero attached hydrogens (tertiary/aromatic N) is 2. The SMILES string of the molecule is CC(C)C[C@@H]1CN(c2ccccc2)c2cc(-c3ccc(F)cc3)c(-c3ccc(F)c(C(=O)O)c3)cc2S(=O)(=O)N1C. The Labute approximate surface area is 238 Å². The molecular formula is C32H30F2N2O4S. The van der Waals surface area contributed by atoms with Crippen LogP contribution in [0, 0.1) is 17.6 Å². The second kappa shape index (κ2) is 11.1. The van der Waals surface area contributed by atoms with Crippen molar-refractivity contribution in [2.24, 2.45) is 5.92 Å². The fourth-order valence-electron chi connectivity index (χ4n) is 5.34. The van der Waals surface area contributed by atoms with E-state index in [0.717, 1.165) is 11.8 Å². The molecule has 1 aliphatic heterocycles. The largest absolute Gasteiger partial charge is 0.478 e. The molecule has 212 valence electrons. The average molecular weight is 577 g/mol. The van der Waals surface area contributed by atoms with Crippen molar-refractivity contribution in [3.8, 4) is 22.3 Å². The third-order valence-electron chi connectivity index (χ3n) is 7.43. The van der Waals surface area contributed by atoms with Gasteiger partial charge in [-0.05, 0) is 83.1 Å². The highest BCUT2D eigenvalue weighted by Crippen LogP contribution is 2.44. The lowest BCUT2D eigenvalue weighted by atomic mass is 9.92. The van der Waals surface area contributed by atoms with Crippen LogP contribution >= 0.6 is 0 Å². The van der Waals surface area contributed by atoms with Crippen LogP contribution in [0.25, 0.3) is 22.3 Å². The van der Waals surface area contributed by atoms with E-state index >= 15 is 0 Å². The Morgan fingerprint density at radius 2 is 1.56 bits per heavy atom. The van der Waals surface area contributed by atoms with Gasteiger partial charge in [-0.1, -0.05) is 50.2 Å². The van der Waals surface area contributed by atoms with Gasteiger partial charge < -0.3 is 10.0 Å². The highest BCUT2D eigenvalue weighted by Gasteiger charge is 2.38. The molecule has 5 rings (SSSR count). The van der Waals surface area contributed by atoms with Crippen LogP contribution in [-0.2, 0) is 10.0 Å². The molecule has 4 aromatic rings. The van der Waals surface area contributed by atoms with Gasteiger partial charge in [-0.15, -0.1) is 0 Å². The zero-order valence-corrected chi connectivity index (χ0v) is 23.7. The van der Waals surface area contributed by atoms with E-state index in [-0.39, 0.29) is 16.9 Å². The molecule has 0 amide bonds. The van der Waals surface area contributed by atoms with Gasteiger partial charge in [0.25, 0.3) is 0 Å². The Bertz CT molecular complexity index is 1710. The highest BCUT2D eigenvalue weighted by atomic mass is 32.2. The Hall–Kier alpha value is -4.08. The summed E-state index contributed by atoms with van der Waals surface area (Å²) in [6, 6.07) is 21.8. The number of likely N-dealkylation sites (N-methyl/N-ethyl adjacent to an activating group) is 1. The van der Waals surface area contributed by atoms with Crippen molar-refractivity contribution in [2.45, 2.75) is 31.2 Å². The number of benzene rings is 4. The lowest BCUT2D eigenvalue weighted by Gasteiger charge is -2.30. The van der Waals surface area contributed by atoms with Gasteiger partial charge in [0.2, 0.25) is 10.0 Å². The molecule has 0 unspecified atom stereocenters. The molecule has 0 radical (unpaired) electrons. The number of carboxylic acid groups (broad SMARTS) is 1. The first-order valence-corrected chi connectivity index (χ1v) is 14.7. The fourth-order valence-corrected chi connectivity index (χ4v) is 6.90. The van der Waals surface area contributed by atoms with Crippen LogP contribution in [0.1, 0.15) is 30.6 Å². The Morgan fingerprint density at radius 1 is 0.927 bits per heavy atom. The minimum absolute atomic E-state index is 0.0390. The number of sulfonamides is 1. The zero-order chi connectivity index (χ0) is 29.5. The van der Waals surface area contributed by atoms with Crippen molar-refractivity contribution in [3.63, 3.8) is 0 Å². The number of carbonyl (C=O) groups is 1. The predicted octanol–water partition coefficient (Wildman–Crippen LogP) is 7.18. The van der Waals surface area contributed by atoms with Gasteiger partial charge in [0.1, 0.15) is 16.5 Å². The average Bonchev–Trinajstić information content (AvgIpc) is 3.02. The van der Waals surface area contributed by atoms with E-state index in [1.807, 2.05) is 49.1 Å². The normalized spacial score (nSPS) is 16.8. The first kappa shape index (κ1) is 28.4. The maximum absolute atomic E-state index is 14.4. The molecule has 0 fully saturated rings. The van der Waals surface area contributed by atoms with E-state index in [0.29, 0.717) is 40.9 Å². The van der Waals surface area contributed by atoms with Crippen LogP contribution < -0.4 is 4.90 Å². The maximum atomic E-state index is 14.4. The van der Waals surface area contributed by atoms with Gasteiger partial charge in [-0.25, -0.2) is 22.0 Å². The van der Waals surface area contributed by atoms with Crippen LogP contribution in [0.15, 0.2) is 89.8 Å². The van der Waals surface area contributed by atoms with Crippen molar-refractivity contribution in [2.75, 3.05) is 18.5 Å². The van der Waals surface area contributed by atoms with Gasteiger partial charge in [0, 0.05) is 25.3 Å². The third-order valence-corrected chi connectivity index (χ3v) is 9.37. The molecule has 0 aromatic heterocycles. The number of hydrogen-bond donors (Lipinski definition) is 1. The fraction of sp³-hybridized carbons (Fsp3) is 0.219. The van der Waals surface area contributed by atoms with Crippen molar-refractivity contribution in [1.29, 1.82) is 0 Å². The van der Waals surface area contributed by atoms with E-state index in [2.05, 4.69) is 0 Å². The lowest BCUT2D eigenvalue weighted by molar-refractivity contribution is 0.0692. The minimum atomic E-state index is -4.02. The summed E-state index contributed by atoms with van der Waals surface area (Å²) in [4.78, 5) is 13.8. The summed E-state index contributed by atoms with van der Waals surface area (Å²) in [5.74, 6) is -2.55. The van der Waals surface area contributed by atoms with E-state index in [4.69, 9.17) is 0 Å². The van der Waals surface area contributed by atoms with E-state index < -0.39 is 33.2 Å². The molecule has 1 N–H and O–H groups in total. The third kappa shape index (κ3) is 5.47. The molecule has 0 spiro atoms. The predicted molar refractivity (Wildman–Crippen MR) is 156 cm³/mol. The number of rotatable bonds is 6. The van der Waals surface area contributed by atoms with Crippen molar-refractivity contribution >= 4 is 27.4 Å². The first-order chi connectivity index (χ1) is 19.5. The number of aromatic carboxylic acids is 1. The number of halogens is 2. The molecule has 4 aromatic carbocycles. The number of para-hydroxylation sites is 1. The van der Waals surface area contributed by atoms with Gasteiger partial charge >= 0.3 is 5.97 Å². The van der Waals surface area contributed by atoms with Crippen molar-refractivity contribution in [3.05, 3.63) is 102 Å². The second-order valence-electron chi connectivity index (χ2n) is 10.6. The summed E-state index contributed by atoms with van der Waals surface area (Å²) in [7, 11) is -2.44. The van der Waals surface area contributed by atoms with E-state index in [1.165, 1.54) is 34.6 Å². The van der Waals surface area contributed by atoms with Gasteiger partial charge in [0.05, 0.1) is 11.3 Å². The summed E-state index contributed by atoms with van der Waals surface area (Å²) in [5, 5.41) is 9.57. The standard InChI is InChI=1S/C32H30F2N2O4S/c1-20(2)15-25-19-36(24-7-5-4-6-8-24)30-17-26(21-9-12-23(33)13-10-21)27(18-31(30)41(39,40)35(25)3)22-11-14-29(34)28(16-22)32(37)38/h4-14,16-18,20,25H,15,19H2,1-3H3,(H,37,38)/t25-/m1/s1. The minimum Gasteiger partial charge on any atom is -0.478 e. The Balaban J connectivity index is 1.85. The first-order valence-electron chi connectivity index (χ1n) is 13.2.